The van der Waals surface area contributed by atoms with Crippen LogP contribution in [0.3, 0.4) is 0 Å². The molecule has 0 saturated carbocycles. The monoisotopic (exact) mass is 315 g/mol. The van der Waals surface area contributed by atoms with E-state index < -0.39 is 18.2 Å². The van der Waals surface area contributed by atoms with Gasteiger partial charge in [0.05, 0.1) is 17.8 Å². The molecule has 0 bridgehead atoms. The van der Waals surface area contributed by atoms with E-state index in [2.05, 4.69) is 0 Å². The number of hydrogen-bond acceptors (Lipinski definition) is 4. The quantitative estimate of drug-likeness (QED) is 0.771. The first-order chi connectivity index (χ1) is 11.0. The third-order valence-corrected chi connectivity index (χ3v) is 4.17. The molecule has 3 N–H and O–H groups in total. The number of hydrogen-bond donors (Lipinski definition) is 3. The molecule has 6 heteroatoms. The van der Waals surface area contributed by atoms with E-state index >= 15 is 0 Å². The number of carbonyl (C=O) groups excluding carboxylic acids is 1. The van der Waals surface area contributed by atoms with Crippen molar-refractivity contribution in [1.29, 1.82) is 0 Å². The number of carboxylic acid groups (broad SMARTS) is 1. The average Bonchev–Trinajstić information content (AvgIpc) is 2.55. The predicted molar refractivity (Wildman–Crippen MR) is 83.4 cm³/mol. The fourth-order valence-electron chi connectivity index (χ4n) is 2.80. The number of amides is 1. The van der Waals surface area contributed by atoms with Crippen molar-refractivity contribution < 1.29 is 24.9 Å². The molecule has 6 nitrogen and oxygen atoms in total. The van der Waals surface area contributed by atoms with Crippen molar-refractivity contribution in [3.63, 3.8) is 0 Å². The molecule has 23 heavy (non-hydrogen) atoms. The molecule has 2 aromatic rings. The van der Waals surface area contributed by atoms with Crippen LogP contribution in [0, 0.1) is 0 Å². The van der Waals surface area contributed by atoms with Crippen LogP contribution in [0.25, 0.3) is 10.8 Å². The molecular formula is C17H17NO5. The van der Waals surface area contributed by atoms with Crippen LogP contribution in [0.15, 0.2) is 36.4 Å². The third kappa shape index (κ3) is 3.04. The third-order valence-electron chi connectivity index (χ3n) is 4.17. The summed E-state index contributed by atoms with van der Waals surface area (Å²) >= 11 is 0. The fourth-order valence-corrected chi connectivity index (χ4v) is 2.80. The lowest BCUT2D eigenvalue weighted by Gasteiger charge is -2.33. The minimum absolute atomic E-state index is 0.107. The molecule has 2 aromatic carbocycles. The van der Waals surface area contributed by atoms with Crippen molar-refractivity contribution >= 4 is 22.6 Å². The molecule has 1 aliphatic rings. The number of β-amino-alcohol motifs (C(OH)–C–C–N with tert-alkyl or cyclic N) is 1. The largest absolute Gasteiger partial charge is 0.478 e. The zero-order chi connectivity index (χ0) is 16.6. The van der Waals surface area contributed by atoms with Crippen molar-refractivity contribution in [2.75, 3.05) is 13.1 Å². The van der Waals surface area contributed by atoms with Crippen molar-refractivity contribution in [1.82, 2.24) is 4.90 Å². The van der Waals surface area contributed by atoms with Crippen LogP contribution < -0.4 is 0 Å². The molecule has 1 amide bonds. The maximum Gasteiger partial charge on any atom is 0.335 e. The van der Waals surface area contributed by atoms with Gasteiger partial charge in [-0.2, -0.15) is 0 Å². The van der Waals surface area contributed by atoms with Crippen LogP contribution in [0.5, 0.6) is 0 Å². The smallest absolute Gasteiger partial charge is 0.335 e. The average molecular weight is 315 g/mol. The fraction of sp³-hybridized carbons (Fsp3) is 0.294. The maximum absolute atomic E-state index is 12.5. The minimum atomic E-state index is -0.993. The standard InChI is InChI=1S/C17H17NO5/c19-14-5-6-18(9-15(14)20)16(21)12-3-1-11-8-13(17(22)23)4-2-10(11)7-12/h1-4,7-8,14-15,19-20H,5-6,9H2,(H,22,23)/t14-,15+/m1/s1. The first-order valence-corrected chi connectivity index (χ1v) is 7.38. The number of aliphatic hydroxyl groups is 2. The Morgan fingerprint density at radius 2 is 1.57 bits per heavy atom. The van der Waals surface area contributed by atoms with E-state index in [4.69, 9.17) is 5.11 Å². The summed E-state index contributed by atoms with van der Waals surface area (Å²) in [7, 11) is 0. The van der Waals surface area contributed by atoms with E-state index in [0.717, 1.165) is 10.8 Å². The van der Waals surface area contributed by atoms with E-state index in [0.29, 0.717) is 18.5 Å². The number of nitrogens with zero attached hydrogens (tertiary/aromatic N) is 1. The topological polar surface area (TPSA) is 98.1 Å². The summed E-state index contributed by atoms with van der Waals surface area (Å²) in [4.78, 5) is 25.0. The number of piperidine rings is 1. The van der Waals surface area contributed by atoms with Crippen molar-refractivity contribution in [2.24, 2.45) is 0 Å². The lowest BCUT2D eigenvalue weighted by Crippen LogP contribution is -2.48. The predicted octanol–water partition coefficient (Wildman–Crippen LogP) is 1.11. The summed E-state index contributed by atoms with van der Waals surface area (Å²) in [6.07, 6.45) is -1.36. The number of likely N-dealkylation sites (tertiary alicyclic amines) is 1. The molecule has 0 aliphatic carbocycles. The first-order valence-electron chi connectivity index (χ1n) is 7.38. The van der Waals surface area contributed by atoms with Crippen LogP contribution >= 0.6 is 0 Å². The summed E-state index contributed by atoms with van der Waals surface area (Å²) in [5.41, 5.74) is 0.675. The molecule has 0 aromatic heterocycles. The molecule has 1 heterocycles. The van der Waals surface area contributed by atoms with Gasteiger partial charge in [0.2, 0.25) is 0 Å². The highest BCUT2D eigenvalue weighted by Gasteiger charge is 2.29. The summed E-state index contributed by atoms with van der Waals surface area (Å²) < 4.78 is 0. The Balaban J connectivity index is 1.87. The molecule has 1 fully saturated rings. The van der Waals surface area contributed by atoms with Gasteiger partial charge in [0, 0.05) is 18.7 Å². The number of carbonyl (C=O) groups is 2. The van der Waals surface area contributed by atoms with Crippen molar-refractivity contribution in [3.8, 4) is 0 Å². The zero-order valence-electron chi connectivity index (χ0n) is 12.3. The second-order valence-corrected chi connectivity index (χ2v) is 5.76. The lowest BCUT2D eigenvalue weighted by molar-refractivity contribution is -0.0321. The summed E-state index contributed by atoms with van der Waals surface area (Å²) in [5, 5.41) is 29.7. The highest BCUT2D eigenvalue weighted by atomic mass is 16.4. The van der Waals surface area contributed by atoms with Gasteiger partial charge in [-0.1, -0.05) is 12.1 Å². The second kappa shape index (κ2) is 5.98. The summed E-state index contributed by atoms with van der Waals surface area (Å²) in [5.74, 6) is -1.20. The Bertz CT molecular complexity index is 773. The maximum atomic E-state index is 12.5. The van der Waals surface area contributed by atoms with E-state index in [9.17, 15) is 19.8 Å². The summed E-state index contributed by atoms with van der Waals surface area (Å²) in [6.45, 7) is 0.503. The molecule has 0 radical (unpaired) electrons. The SMILES string of the molecule is O=C(O)c1ccc2cc(C(=O)N3CC[C@@H](O)[C@@H](O)C3)ccc2c1. The van der Waals surface area contributed by atoms with Crippen LogP contribution in [0.1, 0.15) is 27.1 Å². The molecule has 2 atom stereocenters. The van der Waals surface area contributed by atoms with E-state index in [1.165, 1.54) is 11.0 Å². The number of rotatable bonds is 2. The van der Waals surface area contributed by atoms with Gasteiger partial charge in [-0.3, -0.25) is 4.79 Å². The van der Waals surface area contributed by atoms with Crippen molar-refractivity contribution in [3.05, 3.63) is 47.5 Å². The van der Waals surface area contributed by atoms with Gasteiger partial charge in [0.1, 0.15) is 0 Å². The lowest BCUT2D eigenvalue weighted by atomic mass is 10.0. The van der Waals surface area contributed by atoms with Gasteiger partial charge in [-0.05, 0) is 41.5 Å². The number of aromatic carboxylic acids is 1. The van der Waals surface area contributed by atoms with Gasteiger partial charge >= 0.3 is 5.97 Å². The van der Waals surface area contributed by atoms with Gasteiger partial charge in [-0.25, -0.2) is 4.79 Å². The van der Waals surface area contributed by atoms with E-state index in [1.807, 2.05) is 0 Å². The van der Waals surface area contributed by atoms with E-state index in [1.54, 1.807) is 30.3 Å². The highest BCUT2D eigenvalue weighted by molar-refractivity contribution is 6.00. The number of carboxylic acids is 1. The van der Waals surface area contributed by atoms with Gasteiger partial charge in [0.15, 0.2) is 0 Å². The van der Waals surface area contributed by atoms with E-state index in [-0.39, 0.29) is 18.0 Å². The molecular weight excluding hydrogens is 298 g/mol. The summed E-state index contributed by atoms with van der Waals surface area (Å²) in [6, 6.07) is 9.80. The van der Waals surface area contributed by atoms with Crippen molar-refractivity contribution in [2.45, 2.75) is 18.6 Å². The second-order valence-electron chi connectivity index (χ2n) is 5.76. The Hall–Kier alpha value is -2.44. The van der Waals surface area contributed by atoms with Crippen LogP contribution in [-0.4, -0.2) is 57.4 Å². The Labute approximate surface area is 132 Å². The number of benzene rings is 2. The number of fused-ring (bicyclic) bond motifs is 1. The first kappa shape index (κ1) is 15.5. The molecule has 1 aliphatic heterocycles. The van der Waals surface area contributed by atoms with Crippen LogP contribution in [0.2, 0.25) is 0 Å². The van der Waals surface area contributed by atoms with Crippen LogP contribution in [0.4, 0.5) is 0 Å². The molecule has 120 valence electrons. The Morgan fingerprint density at radius 1 is 0.957 bits per heavy atom. The van der Waals surface area contributed by atoms with Gasteiger partial charge in [-0.15, -0.1) is 0 Å². The van der Waals surface area contributed by atoms with Crippen LogP contribution in [-0.2, 0) is 0 Å². The zero-order valence-corrected chi connectivity index (χ0v) is 12.3. The number of aliphatic hydroxyl groups excluding tert-OH is 2. The van der Waals surface area contributed by atoms with Gasteiger partial charge in [0.25, 0.3) is 5.91 Å². The Morgan fingerprint density at radius 3 is 2.17 bits per heavy atom. The molecule has 0 spiro atoms. The Kier molecular flexibility index (Phi) is 4.02. The molecule has 1 saturated heterocycles. The minimum Gasteiger partial charge on any atom is -0.478 e. The van der Waals surface area contributed by atoms with Gasteiger partial charge < -0.3 is 20.2 Å². The molecule has 3 rings (SSSR count). The normalized spacial score (nSPS) is 21.4. The molecule has 0 unspecified atom stereocenters. The highest BCUT2D eigenvalue weighted by Crippen LogP contribution is 2.20.